The third kappa shape index (κ3) is 5.26. The third-order valence-electron chi connectivity index (χ3n) is 4.66. The van der Waals surface area contributed by atoms with Crippen LogP contribution >= 0.6 is 23.2 Å². The molecule has 0 fully saturated rings. The molecule has 4 rings (SSSR count). The van der Waals surface area contributed by atoms with Crippen LogP contribution in [0.15, 0.2) is 84.1 Å². The smallest absolute Gasteiger partial charge is 0.277 e. The lowest BCUT2D eigenvalue weighted by molar-refractivity contribution is -0.123. The van der Waals surface area contributed by atoms with Gasteiger partial charge in [0.05, 0.1) is 11.2 Å². The van der Waals surface area contributed by atoms with Crippen LogP contribution in [0.2, 0.25) is 10.0 Å². The fourth-order valence-electron chi connectivity index (χ4n) is 3.23. The summed E-state index contributed by atoms with van der Waals surface area (Å²) in [5.41, 5.74) is 5.70. The largest absolute Gasteiger partial charge is 0.482 e. The molecular weight excluding hydrogens is 433 g/mol. The maximum atomic E-state index is 12.1. The van der Waals surface area contributed by atoms with Crippen LogP contribution < -0.4 is 10.2 Å². The highest BCUT2D eigenvalue weighted by Gasteiger charge is 2.08. The third-order valence-corrected chi connectivity index (χ3v) is 5.19. The molecule has 1 N–H and O–H groups in total. The topological polar surface area (TPSA) is 55.6 Å². The summed E-state index contributed by atoms with van der Waals surface area (Å²) in [6, 6.07) is 23.1. The standard InChI is InChI=1S/C24H19Cl2N3O2/c25-19-10-11-23(21(26)12-19)31-16-24(30)28-27-13-18-15-29(14-17-6-2-1-3-7-17)22-9-5-4-8-20(18)22/h1-13,15H,14,16H2,(H,28,30). The second-order valence-electron chi connectivity index (χ2n) is 6.87. The van der Waals surface area contributed by atoms with E-state index in [2.05, 4.69) is 33.3 Å². The minimum absolute atomic E-state index is 0.214. The molecule has 0 atom stereocenters. The molecule has 4 aromatic rings. The number of nitrogens with zero attached hydrogens (tertiary/aromatic N) is 2. The molecule has 0 bridgehead atoms. The second-order valence-corrected chi connectivity index (χ2v) is 7.72. The average molecular weight is 452 g/mol. The molecule has 0 spiro atoms. The summed E-state index contributed by atoms with van der Waals surface area (Å²) in [7, 11) is 0. The van der Waals surface area contributed by atoms with E-state index in [9.17, 15) is 4.79 Å². The Balaban J connectivity index is 1.42. The van der Waals surface area contributed by atoms with Crippen LogP contribution in [0.25, 0.3) is 10.9 Å². The molecule has 0 saturated heterocycles. The number of nitrogens with one attached hydrogen (secondary N) is 1. The first-order chi connectivity index (χ1) is 15.1. The number of amides is 1. The van der Waals surface area contributed by atoms with Crippen molar-refractivity contribution in [2.75, 3.05) is 6.61 Å². The van der Waals surface area contributed by atoms with Crippen molar-refractivity contribution >= 4 is 46.2 Å². The molecule has 0 aliphatic carbocycles. The molecule has 1 aromatic heterocycles. The zero-order valence-electron chi connectivity index (χ0n) is 16.5. The highest BCUT2D eigenvalue weighted by atomic mass is 35.5. The number of hydrazone groups is 1. The number of hydrogen-bond acceptors (Lipinski definition) is 3. The molecule has 5 nitrogen and oxygen atoms in total. The number of halogens is 2. The minimum Gasteiger partial charge on any atom is -0.482 e. The minimum atomic E-state index is -0.393. The number of benzene rings is 3. The first-order valence-electron chi connectivity index (χ1n) is 9.62. The Hall–Kier alpha value is -3.28. The fraction of sp³-hybridized carbons (Fsp3) is 0.0833. The van der Waals surface area contributed by atoms with Gasteiger partial charge in [0.15, 0.2) is 6.61 Å². The Kier molecular flexibility index (Phi) is 6.55. The van der Waals surface area contributed by atoms with Gasteiger partial charge >= 0.3 is 0 Å². The van der Waals surface area contributed by atoms with Gasteiger partial charge in [-0.1, -0.05) is 71.7 Å². The van der Waals surface area contributed by atoms with E-state index in [0.29, 0.717) is 15.8 Å². The Bertz CT molecular complexity index is 1240. The van der Waals surface area contributed by atoms with Crippen molar-refractivity contribution in [1.29, 1.82) is 0 Å². The summed E-state index contributed by atoms with van der Waals surface area (Å²) in [4.78, 5) is 12.1. The quantitative estimate of drug-likeness (QED) is 0.296. The van der Waals surface area contributed by atoms with Crippen LogP contribution in [0.3, 0.4) is 0 Å². The fourth-order valence-corrected chi connectivity index (χ4v) is 3.69. The molecule has 1 amide bonds. The predicted octanol–water partition coefficient (Wildman–Crippen LogP) is 5.53. The average Bonchev–Trinajstić information content (AvgIpc) is 3.11. The lowest BCUT2D eigenvalue weighted by Crippen LogP contribution is -2.24. The molecule has 1 heterocycles. The van der Waals surface area contributed by atoms with Crippen LogP contribution in [0, 0.1) is 0 Å². The predicted molar refractivity (Wildman–Crippen MR) is 125 cm³/mol. The van der Waals surface area contributed by atoms with E-state index in [-0.39, 0.29) is 6.61 Å². The summed E-state index contributed by atoms with van der Waals surface area (Å²) >= 11 is 11.9. The molecule has 3 aromatic carbocycles. The van der Waals surface area contributed by atoms with Crippen LogP contribution in [0.4, 0.5) is 0 Å². The normalized spacial score (nSPS) is 11.2. The summed E-state index contributed by atoms with van der Waals surface area (Å²) in [6.07, 6.45) is 3.66. The van der Waals surface area contributed by atoms with Crippen molar-refractivity contribution in [3.05, 3.63) is 100 Å². The molecule has 156 valence electrons. The molecule has 0 unspecified atom stereocenters. The molecule has 31 heavy (non-hydrogen) atoms. The van der Waals surface area contributed by atoms with E-state index in [1.165, 1.54) is 5.56 Å². The van der Waals surface area contributed by atoms with E-state index in [0.717, 1.165) is 23.0 Å². The van der Waals surface area contributed by atoms with Gasteiger partial charge in [-0.05, 0) is 29.8 Å². The van der Waals surface area contributed by atoms with E-state index < -0.39 is 5.91 Å². The van der Waals surface area contributed by atoms with Gasteiger partial charge in [0.2, 0.25) is 0 Å². The highest BCUT2D eigenvalue weighted by molar-refractivity contribution is 6.35. The van der Waals surface area contributed by atoms with Crippen LogP contribution in [0.5, 0.6) is 5.75 Å². The van der Waals surface area contributed by atoms with Gasteiger partial charge < -0.3 is 9.30 Å². The number of carbonyl (C=O) groups excluding carboxylic acids is 1. The van der Waals surface area contributed by atoms with Gasteiger partial charge in [0.25, 0.3) is 5.91 Å². The maximum absolute atomic E-state index is 12.1. The lowest BCUT2D eigenvalue weighted by Gasteiger charge is -2.06. The van der Waals surface area contributed by atoms with Crippen LogP contribution in [0.1, 0.15) is 11.1 Å². The van der Waals surface area contributed by atoms with Crippen LogP contribution in [-0.4, -0.2) is 23.3 Å². The summed E-state index contributed by atoms with van der Waals surface area (Å²) in [5.74, 6) is -0.00975. The second kappa shape index (κ2) is 9.69. The van der Waals surface area contributed by atoms with Crippen molar-refractivity contribution in [2.24, 2.45) is 5.10 Å². The Morgan fingerprint density at radius 2 is 1.81 bits per heavy atom. The number of para-hydroxylation sites is 1. The van der Waals surface area contributed by atoms with Crippen molar-refractivity contribution in [2.45, 2.75) is 6.54 Å². The SMILES string of the molecule is O=C(COc1ccc(Cl)cc1Cl)NN=Cc1cn(Cc2ccccc2)c2ccccc12. The molecule has 0 aliphatic heterocycles. The molecule has 0 radical (unpaired) electrons. The van der Waals surface area contributed by atoms with E-state index in [4.69, 9.17) is 27.9 Å². The van der Waals surface area contributed by atoms with Crippen molar-refractivity contribution in [3.8, 4) is 5.75 Å². The van der Waals surface area contributed by atoms with Gasteiger partial charge in [-0.25, -0.2) is 5.43 Å². The van der Waals surface area contributed by atoms with E-state index in [1.807, 2.05) is 42.6 Å². The van der Waals surface area contributed by atoms with Crippen molar-refractivity contribution in [1.82, 2.24) is 9.99 Å². The number of fused-ring (bicyclic) bond motifs is 1. The maximum Gasteiger partial charge on any atom is 0.277 e. The number of hydrogen-bond donors (Lipinski definition) is 1. The van der Waals surface area contributed by atoms with Gasteiger partial charge in [-0.2, -0.15) is 5.10 Å². The number of carbonyl (C=O) groups is 1. The summed E-state index contributed by atoms with van der Waals surface area (Å²) in [6.45, 7) is 0.533. The summed E-state index contributed by atoms with van der Waals surface area (Å²) in [5, 5.41) is 5.99. The lowest BCUT2D eigenvalue weighted by atomic mass is 10.2. The number of ether oxygens (including phenoxy) is 1. The zero-order chi connectivity index (χ0) is 21.6. The Morgan fingerprint density at radius 1 is 1.03 bits per heavy atom. The van der Waals surface area contributed by atoms with Gasteiger partial charge in [-0.3, -0.25) is 4.79 Å². The van der Waals surface area contributed by atoms with E-state index in [1.54, 1.807) is 24.4 Å². The Morgan fingerprint density at radius 3 is 2.61 bits per heavy atom. The van der Waals surface area contributed by atoms with Gasteiger partial charge in [0, 0.05) is 34.2 Å². The van der Waals surface area contributed by atoms with Gasteiger partial charge in [-0.15, -0.1) is 0 Å². The van der Waals surface area contributed by atoms with Crippen molar-refractivity contribution in [3.63, 3.8) is 0 Å². The van der Waals surface area contributed by atoms with E-state index >= 15 is 0 Å². The molecule has 0 aliphatic rings. The molecule has 0 saturated carbocycles. The molecular formula is C24H19Cl2N3O2. The first kappa shape index (κ1) is 21.0. The van der Waals surface area contributed by atoms with Crippen molar-refractivity contribution < 1.29 is 9.53 Å². The van der Waals surface area contributed by atoms with Crippen LogP contribution in [-0.2, 0) is 11.3 Å². The zero-order valence-corrected chi connectivity index (χ0v) is 18.0. The van der Waals surface area contributed by atoms with Gasteiger partial charge in [0.1, 0.15) is 5.75 Å². The summed E-state index contributed by atoms with van der Waals surface area (Å²) < 4.78 is 7.58. The first-order valence-corrected chi connectivity index (χ1v) is 10.4. The Labute approximate surface area is 189 Å². The monoisotopic (exact) mass is 451 g/mol. The highest BCUT2D eigenvalue weighted by Crippen LogP contribution is 2.27. The molecule has 7 heteroatoms. The number of aromatic nitrogens is 1. The number of rotatable bonds is 7.